The first-order chi connectivity index (χ1) is 17.8. The lowest BCUT2D eigenvalue weighted by Gasteiger charge is -2.34. The lowest BCUT2D eigenvalue weighted by Crippen LogP contribution is -2.46. The summed E-state index contributed by atoms with van der Waals surface area (Å²) >= 11 is 13.7. The Labute approximate surface area is 230 Å². The standard InChI is InChI=1S/C27H29Cl2N5O2S/c1-16(2)33-12-10-20(11-13-33)30-27(35)25-17(3)34(26(31-25)18-4-6-19(28)7-5-18)15-21-14-22(36-32-21)23-8-9-24(29)37-23/h4-9,14,16,20H,10-13,15H2,1-3H3,(H,30,35). The Morgan fingerprint density at radius 2 is 1.89 bits per heavy atom. The molecule has 7 nitrogen and oxygen atoms in total. The number of aromatic nitrogens is 3. The molecule has 0 atom stereocenters. The van der Waals surface area contributed by atoms with Crippen molar-refractivity contribution in [3.63, 3.8) is 0 Å². The summed E-state index contributed by atoms with van der Waals surface area (Å²) in [7, 11) is 0. The maximum Gasteiger partial charge on any atom is 0.271 e. The highest BCUT2D eigenvalue weighted by molar-refractivity contribution is 7.19. The van der Waals surface area contributed by atoms with E-state index < -0.39 is 0 Å². The number of nitrogens with one attached hydrogen (secondary N) is 1. The van der Waals surface area contributed by atoms with Gasteiger partial charge in [-0.25, -0.2) is 4.98 Å². The van der Waals surface area contributed by atoms with Crippen LogP contribution in [-0.2, 0) is 6.54 Å². The Balaban J connectivity index is 1.41. The number of amides is 1. The van der Waals surface area contributed by atoms with Crippen LogP contribution in [-0.4, -0.2) is 50.7 Å². The molecule has 0 radical (unpaired) electrons. The van der Waals surface area contributed by atoms with Crippen molar-refractivity contribution in [1.82, 2.24) is 24.9 Å². The van der Waals surface area contributed by atoms with Crippen LogP contribution >= 0.6 is 34.5 Å². The highest BCUT2D eigenvalue weighted by Crippen LogP contribution is 2.32. The largest absolute Gasteiger partial charge is 0.355 e. The fourth-order valence-electron chi connectivity index (χ4n) is 4.69. The zero-order chi connectivity index (χ0) is 26.1. The second kappa shape index (κ2) is 11.0. The van der Waals surface area contributed by atoms with Gasteiger partial charge in [0.1, 0.15) is 17.2 Å². The van der Waals surface area contributed by atoms with Crippen LogP contribution in [0.3, 0.4) is 0 Å². The molecule has 0 spiro atoms. The summed E-state index contributed by atoms with van der Waals surface area (Å²) in [5.74, 6) is 1.18. The van der Waals surface area contributed by atoms with Crippen LogP contribution < -0.4 is 5.32 Å². The summed E-state index contributed by atoms with van der Waals surface area (Å²) in [5, 5.41) is 8.13. The SMILES string of the molecule is Cc1c(C(=O)NC2CCN(C(C)C)CC2)nc(-c2ccc(Cl)cc2)n1Cc1cc(-c2ccc(Cl)s2)on1. The lowest BCUT2D eigenvalue weighted by molar-refractivity contribution is 0.0895. The van der Waals surface area contributed by atoms with E-state index in [1.807, 2.05) is 54.0 Å². The van der Waals surface area contributed by atoms with Gasteiger partial charge in [0.2, 0.25) is 0 Å². The molecule has 37 heavy (non-hydrogen) atoms. The summed E-state index contributed by atoms with van der Waals surface area (Å²) in [6.45, 7) is 8.70. The number of piperidine rings is 1. The number of carbonyl (C=O) groups excluding carboxylic acids is 1. The van der Waals surface area contributed by atoms with Crippen LogP contribution in [0.1, 0.15) is 48.6 Å². The number of hydrogen-bond acceptors (Lipinski definition) is 6. The van der Waals surface area contributed by atoms with Crippen LogP contribution in [0.15, 0.2) is 47.0 Å². The first-order valence-electron chi connectivity index (χ1n) is 12.4. The van der Waals surface area contributed by atoms with Gasteiger partial charge in [0.05, 0.1) is 15.8 Å². The molecule has 10 heteroatoms. The molecular weight excluding hydrogens is 529 g/mol. The van der Waals surface area contributed by atoms with Crippen molar-refractivity contribution in [1.29, 1.82) is 0 Å². The zero-order valence-corrected chi connectivity index (χ0v) is 23.3. The number of likely N-dealkylation sites (tertiary alicyclic amines) is 1. The number of halogens is 2. The number of nitrogens with zero attached hydrogens (tertiary/aromatic N) is 4. The van der Waals surface area contributed by atoms with Crippen molar-refractivity contribution in [3.05, 3.63) is 68.9 Å². The van der Waals surface area contributed by atoms with Crippen molar-refractivity contribution < 1.29 is 9.32 Å². The molecule has 0 unspecified atom stereocenters. The number of carbonyl (C=O) groups is 1. The van der Waals surface area contributed by atoms with Gasteiger partial charge in [-0.1, -0.05) is 28.4 Å². The maximum absolute atomic E-state index is 13.4. The average Bonchev–Trinajstić information content (AvgIpc) is 3.60. The van der Waals surface area contributed by atoms with Gasteiger partial charge in [0.15, 0.2) is 5.76 Å². The molecule has 194 valence electrons. The Morgan fingerprint density at radius 1 is 1.16 bits per heavy atom. The van der Waals surface area contributed by atoms with Crippen LogP contribution in [0.4, 0.5) is 0 Å². The average molecular weight is 559 g/mol. The molecule has 3 aromatic heterocycles. The number of thiophene rings is 1. The van der Waals surface area contributed by atoms with E-state index in [0.29, 0.717) is 39.2 Å². The molecule has 1 aliphatic heterocycles. The van der Waals surface area contributed by atoms with Crippen LogP contribution in [0.25, 0.3) is 22.0 Å². The van der Waals surface area contributed by atoms with Crippen molar-refractivity contribution in [2.45, 2.75) is 52.2 Å². The van der Waals surface area contributed by atoms with Gasteiger partial charge in [-0.05, 0) is 70.0 Å². The minimum atomic E-state index is -0.150. The lowest BCUT2D eigenvalue weighted by atomic mass is 10.0. The van der Waals surface area contributed by atoms with Crippen molar-refractivity contribution in [3.8, 4) is 22.0 Å². The van der Waals surface area contributed by atoms with E-state index in [4.69, 9.17) is 32.7 Å². The van der Waals surface area contributed by atoms with Gasteiger partial charge < -0.3 is 19.3 Å². The molecular formula is C27H29Cl2N5O2S. The van der Waals surface area contributed by atoms with Crippen LogP contribution in [0, 0.1) is 6.92 Å². The molecule has 1 amide bonds. The highest BCUT2D eigenvalue weighted by Gasteiger charge is 2.26. The fourth-order valence-corrected chi connectivity index (χ4v) is 5.80. The van der Waals surface area contributed by atoms with Crippen molar-refractivity contribution in [2.75, 3.05) is 13.1 Å². The molecule has 0 saturated carbocycles. The smallest absolute Gasteiger partial charge is 0.271 e. The first-order valence-corrected chi connectivity index (χ1v) is 13.9. The summed E-state index contributed by atoms with van der Waals surface area (Å²) < 4.78 is 8.28. The second-order valence-electron chi connectivity index (χ2n) is 9.63. The first kappa shape index (κ1) is 26.0. The van der Waals surface area contributed by atoms with Gasteiger partial charge in [0, 0.05) is 47.5 Å². The van der Waals surface area contributed by atoms with E-state index in [1.54, 1.807) is 0 Å². The second-order valence-corrected chi connectivity index (χ2v) is 11.8. The number of hydrogen-bond donors (Lipinski definition) is 1. The molecule has 1 aromatic carbocycles. The fraction of sp³-hybridized carbons (Fsp3) is 0.370. The molecule has 5 rings (SSSR count). The Morgan fingerprint density at radius 3 is 2.54 bits per heavy atom. The minimum absolute atomic E-state index is 0.141. The number of benzene rings is 1. The van der Waals surface area contributed by atoms with Crippen LogP contribution in [0.2, 0.25) is 9.36 Å². The van der Waals surface area contributed by atoms with Gasteiger partial charge in [-0.3, -0.25) is 4.79 Å². The van der Waals surface area contributed by atoms with Gasteiger partial charge in [0.25, 0.3) is 5.91 Å². The van der Waals surface area contributed by atoms with E-state index in [0.717, 1.165) is 47.8 Å². The Hall–Kier alpha value is -2.65. The normalized spacial score (nSPS) is 15.0. The van der Waals surface area contributed by atoms with E-state index in [2.05, 4.69) is 29.2 Å². The molecule has 1 saturated heterocycles. The molecule has 0 bridgehead atoms. The van der Waals surface area contributed by atoms with E-state index in [9.17, 15) is 4.79 Å². The molecule has 1 aliphatic rings. The van der Waals surface area contributed by atoms with Crippen molar-refractivity contribution in [2.24, 2.45) is 0 Å². The third-order valence-electron chi connectivity index (χ3n) is 6.83. The molecule has 4 heterocycles. The number of rotatable bonds is 7. The summed E-state index contributed by atoms with van der Waals surface area (Å²) in [4.78, 5) is 21.5. The monoisotopic (exact) mass is 557 g/mol. The predicted octanol–water partition coefficient (Wildman–Crippen LogP) is 6.53. The van der Waals surface area contributed by atoms with Crippen LogP contribution in [0.5, 0.6) is 0 Å². The maximum atomic E-state index is 13.4. The van der Waals surface area contributed by atoms with E-state index in [-0.39, 0.29) is 11.9 Å². The van der Waals surface area contributed by atoms with Crippen molar-refractivity contribution >= 4 is 40.4 Å². The quantitative estimate of drug-likeness (QED) is 0.279. The summed E-state index contributed by atoms with van der Waals surface area (Å²) in [6, 6.07) is 13.8. The third kappa shape index (κ3) is 5.77. The summed E-state index contributed by atoms with van der Waals surface area (Å²) in [6.07, 6.45) is 1.87. The topological polar surface area (TPSA) is 76.2 Å². The third-order valence-corrected chi connectivity index (χ3v) is 8.33. The Kier molecular flexibility index (Phi) is 7.72. The summed E-state index contributed by atoms with van der Waals surface area (Å²) in [5.41, 5.74) is 2.78. The molecule has 4 aromatic rings. The van der Waals surface area contributed by atoms with Gasteiger partial charge >= 0.3 is 0 Å². The Bertz CT molecular complexity index is 1380. The number of imidazole rings is 1. The molecule has 1 N–H and O–H groups in total. The predicted molar refractivity (Wildman–Crippen MR) is 149 cm³/mol. The molecule has 1 fully saturated rings. The zero-order valence-electron chi connectivity index (χ0n) is 21.0. The van der Waals surface area contributed by atoms with Gasteiger partial charge in [-0.15, -0.1) is 11.3 Å². The van der Waals surface area contributed by atoms with Gasteiger partial charge in [-0.2, -0.15) is 0 Å². The highest BCUT2D eigenvalue weighted by atomic mass is 35.5. The van der Waals surface area contributed by atoms with E-state index in [1.165, 1.54) is 11.3 Å². The minimum Gasteiger partial charge on any atom is -0.355 e. The molecule has 0 aliphatic carbocycles. The van der Waals surface area contributed by atoms with E-state index >= 15 is 0 Å².